The number of fused-ring (bicyclic) bond motifs is 1. The zero-order valence-corrected chi connectivity index (χ0v) is 20.7. The summed E-state index contributed by atoms with van der Waals surface area (Å²) in [4.78, 5) is 0. The molecule has 0 aromatic carbocycles. The summed E-state index contributed by atoms with van der Waals surface area (Å²) in [7, 11) is 0. The molecule has 0 heterocycles. The number of aliphatic hydroxyl groups is 2. The fourth-order valence-electron chi connectivity index (χ4n) is 7.31. The Morgan fingerprint density at radius 1 is 1.13 bits per heavy atom. The van der Waals surface area contributed by atoms with Crippen LogP contribution in [0.4, 0.5) is 0 Å². The van der Waals surface area contributed by atoms with E-state index in [1.165, 1.54) is 64.2 Å². The molecular formula is C29H48O2. The van der Waals surface area contributed by atoms with Crippen molar-refractivity contribution in [2.45, 2.75) is 117 Å². The van der Waals surface area contributed by atoms with Gasteiger partial charge in [-0.15, -0.1) is 0 Å². The third kappa shape index (κ3) is 5.56. The first kappa shape index (κ1) is 24.8. The molecule has 6 atom stereocenters. The van der Waals surface area contributed by atoms with Crippen molar-refractivity contribution in [1.82, 2.24) is 0 Å². The molecule has 3 rings (SSSR count). The Morgan fingerprint density at radius 3 is 2.58 bits per heavy atom. The van der Waals surface area contributed by atoms with Crippen LogP contribution in [0.25, 0.3) is 0 Å². The summed E-state index contributed by atoms with van der Waals surface area (Å²) in [5.41, 5.74) is 3.89. The smallest absolute Gasteiger partial charge is 0.0811 e. The van der Waals surface area contributed by atoms with Gasteiger partial charge in [-0.25, -0.2) is 0 Å². The molecule has 0 saturated heterocycles. The average Bonchev–Trinajstić information content (AvgIpc) is 3.10. The van der Waals surface area contributed by atoms with Crippen LogP contribution in [0.15, 0.2) is 35.5 Å². The molecule has 0 unspecified atom stereocenters. The summed E-state index contributed by atoms with van der Waals surface area (Å²) < 4.78 is 0. The second kappa shape index (κ2) is 10.8. The standard InChI is InChI=1S/C29H48O2/c1-6-22(7-2)11-8-10-20(3)26-15-16-27-23(12-9-17-29(26,27)5)13-14-24-18-25(30)19-28(31)21(24)4/h13-14,20,22,25-28,30-31H,4,6-12,15-19H2,1-3,5H3/b23-13+,24-14-/t20-,25-,26-,27+,28+,29-/m1/s1. The van der Waals surface area contributed by atoms with Gasteiger partial charge < -0.3 is 10.2 Å². The van der Waals surface area contributed by atoms with Gasteiger partial charge in [-0.05, 0) is 78.8 Å². The molecular weight excluding hydrogens is 380 g/mol. The highest BCUT2D eigenvalue weighted by Gasteiger charge is 2.50. The van der Waals surface area contributed by atoms with Crippen LogP contribution in [-0.2, 0) is 0 Å². The van der Waals surface area contributed by atoms with Gasteiger partial charge in [-0.3, -0.25) is 0 Å². The molecule has 0 amide bonds. The van der Waals surface area contributed by atoms with E-state index >= 15 is 0 Å². The molecule has 0 bridgehead atoms. The third-order valence-corrected chi connectivity index (χ3v) is 9.42. The molecule has 2 heteroatoms. The van der Waals surface area contributed by atoms with Crippen LogP contribution < -0.4 is 0 Å². The van der Waals surface area contributed by atoms with E-state index in [0.717, 1.165) is 28.9 Å². The molecule has 0 radical (unpaired) electrons. The molecule has 0 aromatic rings. The van der Waals surface area contributed by atoms with Crippen LogP contribution in [-0.4, -0.2) is 22.4 Å². The van der Waals surface area contributed by atoms with Gasteiger partial charge in [0, 0.05) is 6.42 Å². The van der Waals surface area contributed by atoms with Crippen molar-refractivity contribution in [3.8, 4) is 0 Å². The SMILES string of the molecule is C=C1/C(=C\C=C2/CCC[C@]3(C)[C@@H]([C@H](C)CCCC(CC)CC)CC[C@@H]23)C[C@@H](O)C[C@@H]1O. The largest absolute Gasteiger partial charge is 0.393 e. The van der Waals surface area contributed by atoms with Gasteiger partial charge in [0.25, 0.3) is 0 Å². The normalized spacial score (nSPS) is 37.6. The average molecular weight is 429 g/mol. The van der Waals surface area contributed by atoms with Crippen molar-refractivity contribution in [1.29, 1.82) is 0 Å². The van der Waals surface area contributed by atoms with Crippen LogP contribution in [0.2, 0.25) is 0 Å². The fraction of sp³-hybridized carbons (Fsp3) is 0.793. The maximum Gasteiger partial charge on any atom is 0.0811 e. The maximum atomic E-state index is 10.2. The zero-order valence-electron chi connectivity index (χ0n) is 20.7. The quantitative estimate of drug-likeness (QED) is 0.423. The van der Waals surface area contributed by atoms with Crippen molar-refractivity contribution in [3.05, 3.63) is 35.5 Å². The van der Waals surface area contributed by atoms with Crippen LogP contribution in [0.1, 0.15) is 105 Å². The Morgan fingerprint density at radius 2 is 1.87 bits per heavy atom. The monoisotopic (exact) mass is 428 g/mol. The molecule has 0 aromatic heterocycles. The lowest BCUT2D eigenvalue weighted by Gasteiger charge is -2.44. The minimum absolute atomic E-state index is 0.421. The Hall–Kier alpha value is -0.860. The van der Waals surface area contributed by atoms with Crippen molar-refractivity contribution in [2.75, 3.05) is 0 Å². The summed E-state index contributed by atoms with van der Waals surface area (Å²) in [5.74, 6) is 3.30. The van der Waals surface area contributed by atoms with Crippen molar-refractivity contribution in [3.63, 3.8) is 0 Å². The summed E-state index contributed by atoms with van der Waals surface area (Å²) in [5, 5.41) is 20.2. The minimum Gasteiger partial charge on any atom is -0.393 e. The summed E-state index contributed by atoms with van der Waals surface area (Å²) >= 11 is 0. The first-order valence-corrected chi connectivity index (χ1v) is 13.2. The Bertz CT molecular complexity index is 670. The minimum atomic E-state index is -0.596. The molecule has 3 aliphatic carbocycles. The first-order chi connectivity index (χ1) is 14.8. The Kier molecular flexibility index (Phi) is 8.66. The number of hydrogen-bond acceptors (Lipinski definition) is 2. The molecule has 176 valence electrons. The topological polar surface area (TPSA) is 40.5 Å². The van der Waals surface area contributed by atoms with E-state index in [0.29, 0.717) is 24.2 Å². The second-order valence-electron chi connectivity index (χ2n) is 11.3. The van der Waals surface area contributed by atoms with E-state index < -0.39 is 12.2 Å². The van der Waals surface area contributed by atoms with E-state index in [2.05, 4.69) is 46.4 Å². The zero-order chi connectivity index (χ0) is 22.6. The Balaban J connectivity index is 1.67. The predicted molar refractivity (Wildman–Crippen MR) is 132 cm³/mol. The second-order valence-corrected chi connectivity index (χ2v) is 11.3. The number of hydrogen-bond donors (Lipinski definition) is 2. The number of aliphatic hydroxyl groups excluding tert-OH is 2. The van der Waals surface area contributed by atoms with Crippen molar-refractivity contribution >= 4 is 0 Å². The van der Waals surface area contributed by atoms with E-state index in [9.17, 15) is 10.2 Å². The van der Waals surface area contributed by atoms with Gasteiger partial charge in [-0.2, -0.15) is 0 Å². The van der Waals surface area contributed by atoms with Crippen LogP contribution in [0.3, 0.4) is 0 Å². The Labute approximate surface area is 191 Å². The molecule has 31 heavy (non-hydrogen) atoms. The van der Waals surface area contributed by atoms with Crippen LogP contribution in [0, 0.1) is 29.1 Å². The molecule has 3 fully saturated rings. The summed E-state index contributed by atoms with van der Waals surface area (Å²) in [6.07, 6.45) is 18.0. The van der Waals surface area contributed by atoms with E-state index in [1.54, 1.807) is 5.57 Å². The lowest BCUT2D eigenvalue weighted by atomic mass is 9.60. The maximum absolute atomic E-state index is 10.2. The van der Waals surface area contributed by atoms with Crippen LogP contribution in [0.5, 0.6) is 0 Å². The first-order valence-electron chi connectivity index (χ1n) is 13.2. The molecule has 0 spiro atoms. The molecule has 0 aliphatic heterocycles. The van der Waals surface area contributed by atoms with Gasteiger partial charge in [0.2, 0.25) is 0 Å². The highest BCUT2D eigenvalue weighted by Crippen LogP contribution is 2.60. The summed E-state index contributed by atoms with van der Waals surface area (Å²) in [6, 6.07) is 0. The fourth-order valence-corrected chi connectivity index (χ4v) is 7.31. The van der Waals surface area contributed by atoms with Crippen molar-refractivity contribution < 1.29 is 10.2 Å². The van der Waals surface area contributed by atoms with Gasteiger partial charge in [0.1, 0.15) is 0 Å². The van der Waals surface area contributed by atoms with Crippen LogP contribution >= 0.6 is 0 Å². The number of rotatable bonds is 8. The highest BCUT2D eigenvalue weighted by molar-refractivity contribution is 5.38. The lowest BCUT2D eigenvalue weighted by Crippen LogP contribution is -2.36. The van der Waals surface area contributed by atoms with Crippen molar-refractivity contribution in [2.24, 2.45) is 29.1 Å². The van der Waals surface area contributed by atoms with E-state index in [1.807, 2.05) is 0 Å². The molecule has 3 saturated carbocycles. The molecule has 3 aliphatic rings. The number of allylic oxidation sites excluding steroid dienone is 3. The van der Waals surface area contributed by atoms with E-state index in [4.69, 9.17) is 0 Å². The van der Waals surface area contributed by atoms with Gasteiger partial charge in [-0.1, -0.05) is 84.1 Å². The summed E-state index contributed by atoms with van der Waals surface area (Å²) in [6.45, 7) is 13.9. The highest BCUT2D eigenvalue weighted by atomic mass is 16.3. The van der Waals surface area contributed by atoms with Gasteiger partial charge >= 0.3 is 0 Å². The van der Waals surface area contributed by atoms with Gasteiger partial charge in [0.15, 0.2) is 0 Å². The van der Waals surface area contributed by atoms with Gasteiger partial charge in [0.05, 0.1) is 12.2 Å². The third-order valence-electron chi connectivity index (χ3n) is 9.42. The lowest BCUT2D eigenvalue weighted by molar-refractivity contribution is 0.0861. The predicted octanol–water partition coefficient (Wildman–Crippen LogP) is 7.37. The molecule has 2 nitrogen and oxygen atoms in total. The molecule has 2 N–H and O–H groups in total. The van der Waals surface area contributed by atoms with E-state index in [-0.39, 0.29) is 0 Å².